The number of carboxylic acids is 1. The zero-order chi connectivity index (χ0) is 16.6. The van der Waals surface area contributed by atoms with Crippen LogP contribution in [0.15, 0.2) is 0 Å². The molecule has 0 bridgehead atoms. The number of nitrogens with one attached hydrogen (secondary N) is 1. The quantitative estimate of drug-likeness (QED) is 0.667. The van der Waals surface area contributed by atoms with Gasteiger partial charge in [0.25, 0.3) is 0 Å². The Balaban J connectivity index is 4.61. The number of carboxylic acid groups (broad SMARTS) is 1. The monoisotopic (exact) mass is 318 g/mol. The van der Waals surface area contributed by atoms with Gasteiger partial charge in [-0.1, -0.05) is 6.92 Å². The van der Waals surface area contributed by atoms with Crippen LogP contribution in [0.3, 0.4) is 0 Å². The van der Waals surface area contributed by atoms with Crippen LogP contribution in [-0.2, 0) is 14.4 Å². The molecule has 0 aliphatic rings. The minimum absolute atomic E-state index is 0.00838. The second-order valence-corrected chi connectivity index (χ2v) is 6.85. The van der Waals surface area contributed by atoms with E-state index < -0.39 is 11.2 Å². The minimum Gasteiger partial charge on any atom is -0.481 e. The number of hydrogen-bond donors (Lipinski definition) is 2. The SMILES string of the molecule is CC(C)NC(=O)C(C)CC(SCCC(=O)O)C(=O)N(C)C. The van der Waals surface area contributed by atoms with E-state index >= 15 is 0 Å². The molecular formula is C14H26N2O4S. The highest BCUT2D eigenvalue weighted by Crippen LogP contribution is 2.22. The minimum atomic E-state index is -0.885. The van der Waals surface area contributed by atoms with E-state index in [-0.39, 0.29) is 30.2 Å². The van der Waals surface area contributed by atoms with Gasteiger partial charge in [-0.05, 0) is 20.3 Å². The van der Waals surface area contributed by atoms with Crippen LogP contribution >= 0.6 is 11.8 Å². The first-order valence-corrected chi connectivity index (χ1v) is 8.05. The lowest BCUT2D eigenvalue weighted by atomic mass is 10.0. The average Bonchev–Trinajstić information content (AvgIpc) is 2.35. The lowest BCUT2D eigenvalue weighted by Crippen LogP contribution is -2.38. The summed E-state index contributed by atoms with van der Waals surface area (Å²) in [6, 6.07) is 0.0580. The van der Waals surface area contributed by atoms with Crippen molar-refractivity contribution < 1.29 is 19.5 Å². The van der Waals surface area contributed by atoms with Crippen molar-refractivity contribution in [2.45, 2.75) is 44.9 Å². The summed E-state index contributed by atoms with van der Waals surface area (Å²) in [5.74, 6) is -0.990. The summed E-state index contributed by atoms with van der Waals surface area (Å²) in [4.78, 5) is 36.1. The Morgan fingerprint density at radius 2 is 1.76 bits per heavy atom. The van der Waals surface area contributed by atoms with Crippen LogP contribution in [0, 0.1) is 5.92 Å². The van der Waals surface area contributed by atoms with E-state index in [0.29, 0.717) is 12.2 Å². The third-order valence-electron chi connectivity index (χ3n) is 2.80. The lowest BCUT2D eigenvalue weighted by molar-refractivity contribution is -0.136. The number of rotatable bonds is 9. The van der Waals surface area contributed by atoms with Crippen molar-refractivity contribution in [1.29, 1.82) is 0 Å². The van der Waals surface area contributed by atoms with Crippen LogP contribution in [0.5, 0.6) is 0 Å². The zero-order valence-electron chi connectivity index (χ0n) is 13.4. The van der Waals surface area contributed by atoms with E-state index in [1.807, 2.05) is 13.8 Å². The van der Waals surface area contributed by atoms with Crippen LogP contribution in [-0.4, -0.2) is 58.9 Å². The van der Waals surface area contributed by atoms with Crippen molar-refractivity contribution in [3.63, 3.8) is 0 Å². The van der Waals surface area contributed by atoms with Crippen molar-refractivity contribution in [1.82, 2.24) is 10.2 Å². The highest BCUT2D eigenvalue weighted by Gasteiger charge is 2.26. The molecule has 0 spiro atoms. The molecule has 7 heteroatoms. The van der Waals surface area contributed by atoms with E-state index in [9.17, 15) is 14.4 Å². The maximum atomic E-state index is 12.1. The van der Waals surface area contributed by atoms with E-state index in [2.05, 4.69) is 5.32 Å². The highest BCUT2D eigenvalue weighted by atomic mass is 32.2. The third-order valence-corrected chi connectivity index (χ3v) is 4.03. The van der Waals surface area contributed by atoms with Gasteiger partial charge in [0.15, 0.2) is 0 Å². The summed E-state index contributed by atoms with van der Waals surface area (Å²) >= 11 is 1.30. The first kappa shape index (κ1) is 19.8. The second kappa shape index (κ2) is 9.65. The molecule has 0 rings (SSSR count). The van der Waals surface area contributed by atoms with Gasteiger partial charge in [-0.2, -0.15) is 0 Å². The summed E-state index contributed by atoms with van der Waals surface area (Å²) in [5.41, 5.74) is 0. The van der Waals surface area contributed by atoms with E-state index in [1.54, 1.807) is 21.0 Å². The molecule has 0 aromatic carbocycles. The number of thioether (sulfide) groups is 1. The molecule has 0 aliphatic heterocycles. The molecule has 0 saturated carbocycles. The Morgan fingerprint density at radius 1 is 1.19 bits per heavy atom. The molecule has 2 amide bonds. The molecule has 0 radical (unpaired) electrons. The Morgan fingerprint density at radius 3 is 2.19 bits per heavy atom. The first-order chi connectivity index (χ1) is 9.65. The molecule has 2 unspecified atom stereocenters. The number of carbonyl (C=O) groups is 3. The van der Waals surface area contributed by atoms with Gasteiger partial charge in [-0.15, -0.1) is 11.8 Å². The Labute approximate surface area is 130 Å². The summed E-state index contributed by atoms with van der Waals surface area (Å²) in [6.07, 6.45) is 0.411. The molecule has 0 fully saturated rings. The van der Waals surface area contributed by atoms with Crippen molar-refractivity contribution in [2.24, 2.45) is 5.92 Å². The maximum Gasteiger partial charge on any atom is 0.304 e. The molecule has 2 atom stereocenters. The first-order valence-electron chi connectivity index (χ1n) is 7.00. The lowest BCUT2D eigenvalue weighted by Gasteiger charge is -2.23. The summed E-state index contributed by atoms with van der Waals surface area (Å²) in [7, 11) is 3.32. The number of amides is 2. The van der Waals surface area contributed by atoms with Gasteiger partial charge in [-0.3, -0.25) is 14.4 Å². The molecule has 0 aromatic rings. The molecule has 0 aromatic heterocycles. The molecule has 21 heavy (non-hydrogen) atoms. The average molecular weight is 318 g/mol. The zero-order valence-corrected chi connectivity index (χ0v) is 14.2. The topological polar surface area (TPSA) is 86.7 Å². The third kappa shape index (κ3) is 8.60. The van der Waals surface area contributed by atoms with Gasteiger partial charge in [0, 0.05) is 31.8 Å². The predicted octanol–water partition coefficient (Wildman–Crippen LogP) is 1.20. The molecular weight excluding hydrogens is 292 g/mol. The Kier molecular flexibility index (Phi) is 9.08. The predicted molar refractivity (Wildman–Crippen MR) is 84.3 cm³/mol. The van der Waals surface area contributed by atoms with Gasteiger partial charge in [0.1, 0.15) is 0 Å². The smallest absolute Gasteiger partial charge is 0.304 e. The maximum absolute atomic E-state index is 12.1. The van der Waals surface area contributed by atoms with E-state index in [4.69, 9.17) is 5.11 Å². The van der Waals surface area contributed by atoms with E-state index in [1.165, 1.54) is 16.7 Å². The highest BCUT2D eigenvalue weighted by molar-refractivity contribution is 8.00. The van der Waals surface area contributed by atoms with Crippen LogP contribution < -0.4 is 5.32 Å². The standard InChI is InChI=1S/C14H26N2O4S/c1-9(2)15-13(19)10(3)8-11(14(20)16(4)5)21-7-6-12(17)18/h9-11H,6-8H2,1-5H3,(H,15,19)(H,17,18). The molecule has 122 valence electrons. The fourth-order valence-electron chi connectivity index (χ4n) is 1.67. The second-order valence-electron chi connectivity index (χ2n) is 5.54. The summed E-state index contributed by atoms with van der Waals surface area (Å²) < 4.78 is 0. The molecule has 0 saturated heterocycles. The Bertz CT molecular complexity index is 372. The number of aliphatic carboxylic acids is 1. The van der Waals surface area contributed by atoms with Crippen molar-refractivity contribution in [2.75, 3.05) is 19.8 Å². The molecule has 0 heterocycles. The Hall–Kier alpha value is -1.24. The van der Waals surface area contributed by atoms with Crippen LogP contribution in [0.4, 0.5) is 0 Å². The normalized spacial score (nSPS) is 13.6. The van der Waals surface area contributed by atoms with Crippen LogP contribution in [0.2, 0.25) is 0 Å². The van der Waals surface area contributed by atoms with Crippen molar-refractivity contribution >= 4 is 29.5 Å². The van der Waals surface area contributed by atoms with Gasteiger partial charge >= 0.3 is 5.97 Å². The van der Waals surface area contributed by atoms with E-state index in [0.717, 1.165) is 0 Å². The van der Waals surface area contributed by atoms with Gasteiger partial charge in [0.05, 0.1) is 11.7 Å². The number of carbonyl (C=O) groups excluding carboxylic acids is 2. The van der Waals surface area contributed by atoms with Crippen molar-refractivity contribution in [3.8, 4) is 0 Å². The molecule has 0 aliphatic carbocycles. The summed E-state index contributed by atoms with van der Waals surface area (Å²) in [6.45, 7) is 5.55. The van der Waals surface area contributed by atoms with Gasteiger partial charge in [0.2, 0.25) is 11.8 Å². The fourth-order valence-corrected chi connectivity index (χ4v) is 3.03. The molecule has 6 nitrogen and oxygen atoms in total. The largest absolute Gasteiger partial charge is 0.481 e. The van der Waals surface area contributed by atoms with Gasteiger partial charge < -0.3 is 15.3 Å². The van der Waals surface area contributed by atoms with Gasteiger partial charge in [-0.25, -0.2) is 0 Å². The van der Waals surface area contributed by atoms with Crippen molar-refractivity contribution in [3.05, 3.63) is 0 Å². The number of nitrogens with zero attached hydrogens (tertiary/aromatic N) is 1. The van der Waals surface area contributed by atoms with Crippen LogP contribution in [0.25, 0.3) is 0 Å². The summed E-state index contributed by atoms with van der Waals surface area (Å²) in [5, 5.41) is 11.1. The number of hydrogen-bond acceptors (Lipinski definition) is 4. The molecule has 2 N–H and O–H groups in total. The van der Waals surface area contributed by atoms with Crippen LogP contribution in [0.1, 0.15) is 33.6 Å². The fraction of sp³-hybridized carbons (Fsp3) is 0.786.